The average Bonchev–Trinajstić information content (AvgIpc) is 3.54. The Morgan fingerprint density at radius 3 is 2.61 bits per heavy atom. The number of amides is 2. The molecule has 2 amide bonds. The Morgan fingerprint density at radius 1 is 1.15 bits per heavy atom. The van der Waals surface area contributed by atoms with Gasteiger partial charge in [-0.25, -0.2) is 4.79 Å². The van der Waals surface area contributed by atoms with Crippen LogP contribution >= 0.6 is 11.6 Å². The summed E-state index contributed by atoms with van der Waals surface area (Å²) < 4.78 is 16.8. The van der Waals surface area contributed by atoms with E-state index in [9.17, 15) is 9.59 Å². The Hall–Kier alpha value is -3.26. The molecule has 2 aromatic carbocycles. The van der Waals surface area contributed by atoms with Crippen molar-refractivity contribution in [2.24, 2.45) is 11.8 Å². The van der Waals surface area contributed by atoms with Gasteiger partial charge in [0.25, 0.3) is 5.91 Å². The van der Waals surface area contributed by atoms with Crippen molar-refractivity contribution >= 4 is 34.4 Å². The topological polar surface area (TPSA) is 93.9 Å². The molecule has 3 atom stereocenters. The molecule has 0 spiro atoms. The molecule has 1 aliphatic heterocycles. The van der Waals surface area contributed by atoms with Gasteiger partial charge in [-0.15, -0.1) is 0 Å². The van der Waals surface area contributed by atoms with Crippen molar-refractivity contribution in [3.8, 4) is 5.75 Å². The van der Waals surface area contributed by atoms with E-state index in [1.165, 1.54) is 13.1 Å². The highest BCUT2D eigenvalue weighted by atomic mass is 35.5. The number of ether oxygens (including phenoxy) is 2. The van der Waals surface area contributed by atoms with Crippen molar-refractivity contribution in [1.82, 2.24) is 15.4 Å². The molecule has 9 heteroatoms. The van der Waals surface area contributed by atoms with E-state index in [4.69, 9.17) is 25.6 Å². The summed E-state index contributed by atoms with van der Waals surface area (Å²) >= 11 is 6.32. The van der Waals surface area contributed by atoms with Crippen LogP contribution < -0.4 is 10.1 Å². The first-order valence-corrected chi connectivity index (χ1v) is 11.3. The van der Waals surface area contributed by atoms with Crippen LogP contribution in [0.3, 0.4) is 0 Å². The molecule has 1 saturated heterocycles. The summed E-state index contributed by atoms with van der Waals surface area (Å²) in [7, 11) is 1.51. The molecule has 1 unspecified atom stereocenters. The number of aromatic nitrogens is 1. The number of hydrogen-bond acceptors (Lipinski definition) is 6. The van der Waals surface area contributed by atoms with E-state index in [2.05, 4.69) is 10.5 Å². The maximum Gasteiger partial charge on any atom is 0.410 e. The summed E-state index contributed by atoms with van der Waals surface area (Å²) in [5, 5.41) is 8.84. The van der Waals surface area contributed by atoms with Gasteiger partial charge < -0.3 is 24.2 Å². The first kappa shape index (κ1) is 21.6. The third-order valence-electron chi connectivity index (χ3n) is 6.45. The third-order valence-corrected chi connectivity index (χ3v) is 6.78. The second kappa shape index (κ2) is 8.94. The molecule has 1 N–H and O–H groups in total. The van der Waals surface area contributed by atoms with Gasteiger partial charge in [0.05, 0.1) is 6.10 Å². The molecule has 0 bridgehead atoms. The molecule has 2 aliphatic rings. The molecular formula is C24H24ClN3O5. The fraction of sp³-hybridized carbons (Fsp3) is 0.375. The van der Waals surface area contributed by atoms with Crippen molar-refractivity contribution in [2.75, 3.05) is 20.1 Å². The lowest BCUT2D eigenvalue weighted by Gasteiger charge is -2.20. The largest absolute Gasteiger partial charge is 0.490 e. The maximum atomic E-state index is 12.5. The van der Waals surface area contributed by atoms with Crippen LogP contribution in [-0.2, 0) is 11.3 Å². The SMILES string of the molecule is CNC(=O)c1cc(COC(=O)N2C[C@H]3CC(Oc4ccc(Cl)c5ccccc45)C[C@H]3C2)on1. The fourth-order valence-electron chi connectivity index (χ4n) is 4.85. The molecular weight excluding hydrogens is 446 g/mol. The highest BCUT2D eigenvalue weighted by Crippen LogP contribution is 2.41. The zero-order valence-corrected chi connectivity index (χ0v) is 18.9. The molecule has 1 aromatic heterocycles. The molecule has 0 radical (unpaired) electrons. The van der Waals surface area contributed by atoms with Gasteiger partial charge in [-0.1, -0.05) is 41.0 Å². The molecule has 5 rings (SSSR count). The third kappa shape index (κ3) is 4.35. The highest BCUT2D eigenvalue weighted by Gasteiger charge is 2.43. The Morgan fingerprint density at radius 2 is 1.88 bits per heavy atom. The van der Waals surface area contributed by atoms with Crippen molar-refractivity contribution in [2.45, 2.75) is 25.6 Å². The van der Waals surface area contributed by atoms with Crippen LogP contribution in [0.25, 0.3) is 10.8 Å². The summed E-state index contributed by atoms with van der Waals surface area (Å²) in [6.07, 6.45) is 1.51. The summed E-state index contributed by atoms with van der Waals surface area (Å²) in [5.74, 6) is 1.58. The predicted octanol–water partition coefficient (Wildman–Crippen LogP) is 4.27. The lowest BCUT2D eigenvalue weighted by molar-refractivity contribution is 0.0897. The monoisotopic (exact) mass is 469 g/mol. The van der Waals surface area contributed by atoms with Crippen LogP contribution in [0.15, 0.2) is 47.0 Å². The molecule has 2 fully saturated rings. The number of nitrogens with one attached hydrogen (secondary N) is 1. The number of rotatable bonds is 5. The minimum Gasteiger partial charge on any atom is -0.490 e. The van der Waals surface area contributed by atoms with Crippen molar-refractivity contribution < 1.29 is 23.6 Å². The number of fused-ring (bicyclic) bond motifs is 2. The number of nitrogens with zero attached hydrogens (tertiary/aromatic N) is 2. The second-order valence-electron chi connectivity index (χ2n) is 8.54. The number of carbonyl (C=O) groups excluding carboxylic acids is 2. The zero-order chi connectivity index (χ0) is 22.9. The number of halogens is 1. The predicted molar refractivity (Wildman–Crippen MR) is 121 cm³/mol. The number of hydrogen-bond donors (Lipinski definition) is 1. The van der Waals surface area contributed by atoms with Crippen molar-refractivity contribution in [1.29, 1.82) is 0 Å². The molecule has 8 nitrogen and oxygen atoms in total. The van der Waals surface area contributed by atoms with Gasteiger partial charge >= 0.3 is 6.09 Å². The minimum absolute atomic E-state index is 0.0654. The van der Waals surface area contributed by atoms with E-state index >= 15 is 0 Å². The van der Waals surface area contributed by atoms with E-state index in [1.54, 1.807) is 4.90 Å². The summed E-state index contributed by atoms with van der Waals surface area (Å²) in [4.78, 5) is 25.8. The summed E-state index contributed by atoms with van der Waals surface area (Å²) in [6.45, 7) is 1.22. The van der Waals surface area contributed by atoms with Crippen LogP contribution in [0.4, 0.5) is 4.79 Å². The van der Waals surface area contributed by atoms with Crippen LogP contribution in [0.2, 0.25) is 5.02 Å². The van der Waals surface area contributed by atoms with Crippen LogP contribution in [0.5, 0.6) is 5.75 Å². The number of likely N-dealkylation sites (tertiary alicyclic amines) is 1. The molecule has 2 heterocycles. The first-order chi connectivity index (χ1) is 16.0. The van der Waals surface area contributed by atoms with Gasteiger partial charge in [-0.2, -0.15) is 0 Å². The molecule has 172 valence electrons. The molecule has 33 heavy (non-hydrogen) atoms. The molecule has 3 aromatic rings. The van der Waals surface area contributed by atoms with Gasteiger partial charge in [0.15, 0.2) is 18.1 Å². The van der Waals surface area contributed by atoms with Gasteiger partial charge in [0, 0.05) is 42.0 Å². The number of carbonyl (C=O) groups is 2. The lowest BCUT2D eigenvalue weighted by atomic mass is 10.0. The van der Waals surface area contributed by atoms with Gasteiger partial charge in [0.1, 0.15) is 5.75 Å². The zero-order valence-electron chi connectivity index (χ0n) is 18.1. The van der Waals surface area contributed by atoms with Crippen molar-refractivity contribution in [3.63, 3.8) is 0 Å². The molecule has 1 aliphatic carbocycles. The Balaban J connectivity index is 1.14. The standard InChI is InChI=1S/C24H24ClN3O5/c1-26-23(29)21-10-17(33-27-21)13-31-24(30)28-11-14-8-16(9-15(14)12-28)32-22-7-6-20(25)18-4-2-3-5-19(18)22/h2-7,10,14-16H,8-9,11-13H2,1H3,(H,26,29)/t14-,15+,16?. The first-order valence-electron chi connectivity index (χ1n) is 10.9. The molecule has 1 saturated carbocycles. The normalized spacial score (nSPS) is 21.8. The highest BCUT2D eigenvalue weighted by molar-refractivity contribution is 6.35. The van der Waals surface area contributed by atoms with Crippen LogP contribution in [-0.4, -0.2) is 48.3 Å². The van der Waals surface area contributed by atoms with Gasteiger partial charge in [0.2, 0.25) is 0 Å². The Bertz CT molecular complexity index is 1180. The van der Waals surface area contributed by atoms with E-state index < -0.39 is 0 Å². The number of benzene rings is 2. The fourth-order valence-corrected chi connectivity index (χ4v) is 5.07. The quantitative estimate of drug-likeness (QED) is 0.599. The van der Waals surface area contributed by atoms with E-state index in [1.807, 2.05) is 36.4 Å². The van der Waals surface area contributed by atoms with Crippen LogP contribution in [0, 0.1) is 11.8 Å². The smallest absolute Gasteiger partial charge is 0.410 e. The van der Waals surface area contributed by atoms with E-state index in [0.29, 0.717) is 35.7 Å². The summed E-state index contributed by atoms with van der Waals surface area (Å²) in [5.41, 5.74) is 0.152. The van der Waals surface area contributed by atoms with E-state index in [0.717, 1.165) is 29.4 Å². The second-order valence-corrected chi connectivity index (χ2v) is 8.95. The Kier molecular flexibility index (Phi) is 5.85. The van der Waals surface area contributed by atoms with Gasteiger partial charge in [-0.05, 0) is 36.8 Å². The van der Waals surface area contributed by atoms with E-state index in [-0.39, 0.29) is 30.4 Å². The van der Waals surface area contributed by atoms with Crippen LogP contribution in [0.1, 0.15) is 29.1 Å². The lowest BCUT2D eigenvalue weighted by Crippen LogP contribution is -2.31. The Labute approximate surface area is 195 Å². The summed E-state index contributed by atoms with van der Waals surface area (Å²) in [6, 6.07) is 13.2. The van der Waals surface area contributed by atoms with Gasteiger partial charge in [-0.3, -0.25) is 4.79 Å². The van der Waals surface area contributed by atoms with Crippen molar-refractivity contribution in [3.05, 3.63) is 58.9 Å². The minimum atomic E-state index is -0.386. The average molecular weight is 470 g/mol. The maximum absolute atomic E-state index is 12.5.